The first-order valence-electron chi connectivity index (χ1n) is 3.75. The molecule has 0 aliphatic carbocycles. The predicted octanol–water partition coefficient (Wildman–Crippen LogP) is 2.07. The normalized spacial score (nSPS) is 9.91. The summed E-state index contributed by atoms with van der Waals surface area (Å²) in [5.74, 6) is -0.369. The Bertz CT molecular complexity index is 148. The molecule has 0 amide bonds. The fraction of sp³-hybridized carbons (Fsp3) is 0.444. The van der Waals surface area contributed by atoms with Crippen molar-refractivity contribution in [2.45, 2.75) is 19.8 Å². The van der Waals surface area contributed by atoms with Crippen LogP contribution in [0.1, 0.15) is 19.8 Å². The van der Waals surface area contributed by atoms with E-state index in [0.29, 0.717) is 6.61 Å². The van der Waals surface area contributed by atoms with Gasteiger partial charge in [0.15, 0.2) is 0 Å². The molecule has 0 aromatic heterocycles. The molecule has 0 bridgehead atoms. The van der Waals surface area contributed by atoms with Gasteiger partial charge in [-0.05, 0) is 6.42 Å². The van der Waals surface area contributed by atoms with Crippen LogP contribution in [0.25, 0.3) is 0 Å². The van der Waals surface area contributed by atoms with Gasteiger partial charge in [0.05, 0.1) is 0 Å². The quantitative estimate of drug-likeness (QED) is 0.344. The van der Waals surface area contributed by atoms with E-state index in [9.17, 15) is 4.79 Å². The lowest BCUT2D eigenvalue weighted by atomic mass is 10.3. The minimum Gasteiger partial charge on any atom is -0.458 e. The molecule has 2 heteroatoms. The largest absolute Gasteiger partial charge is 0.458 e. The zero-order valence-corrected chi connectivity index (χ0v) is 6.88. The number of carbonyl (C=O) groups is 1. The summed E-state index contributed by atoms with van der Waals surface area (Å²) in [7, 11) is 0. The van der Waals surface area contributed by atoms with E-state index >= 15 is 0 Å². The van der Waals surface area contributed by atoms with E-state index in [0.717, 1.165) is 18.9 Å². The Morgan fingerprint density at radius 3 is 2.82 bits per heavy atom. The maximum Gasteiger partial charge on any atom is 0.330 e. The zero-order chi connectivity index (χ0) is 8.53. The molecular weight excluding hydrogens is 140 g/mol. The van der Waals surface area contributed by atoms with Crippen molar-refractivity contribution >= 4 is 5.97 Å². The van der Waals surface area contributed by atoms with Crippen LogP contribution in [0, 0.1) is 0 Å². The molecule has 0 N–H and O–H groups in total. The van der Waals surface area contributed by atoms with Crippen LogP contribution in [-0.2, 0) is 9.53 Å². The van der Waals surface area contributed by atoms with E-state index in [4.69, 9.17) is 4.74 Å². The molecule has 0 aromatic carbocycles. The highest BCUT2D eigenvalue weighted by atomic mass is 16.5. The Balaban J connectivity index is 3.26. The van der Waals surface area contributed by atoms with Crippen LogP contribution in [-0.4, -0.2) is 12.6 Å². The lowest BCUT2D eigenvalue weighted by Gasteiger charge is -1.94. The second-order valence-electron chi connectivity index (χ2n) is 2.09. The number of hydrogen-bond donors (Lipinski definition) is 0. The number of hydrogen-bond acceptors (Lipinski definition) is 2. The molecule has 0 unspecified atom stereocenters. The number of ether oxygens (including phenoxy) is 1. The number of rotatable bonds is 5. The van der Waals surface area contributed by atoms with Crippen LogP contribution in [0.4, 0.5) is 0 Å². The van der Waals surface area contributed by atoms with Gasteiger partial charge in [0.1, 0.15) is 6.61 Å². The summed E-state index contributed by atoms with van der Waals surface area (Å²) >= 11 is 0. The van der Waals surface area contributed by atoms with Gasteiger partial charge in [0.25, 0.3) is 0 Å². The molecule has 0 radical (unpaired) electrons. The minimum absolute atomic E-state index is 0.352. The molecule has 2 nitrogen and oxygen atoms in total. The van der Waals surface area contributed by atoms with Gasteiger partial charge in [0.2, 0.25) is 0 Å². The van der Waals surface area contributed by atoms with Crippen molar-refractivity contribution in [2.24, 2.45) is 0 Å². The summed E-state index contributed by atoms with van der Waals surface area (Å²) in [6, 6.07) is 0. The van der Waals surface area contributed by atoms with Crippen molar-refractivity contribution in [3.8, 4) is 0 Å². The Labute approximate surface area is 67.6 Å². The Morgan fingerprint density at radius 1 is 1.55 bits per heavy atom. The third-order valence-corrected chi connectivity index (χ3v) is 1.11. The van der Waals surface area contributed by atoms with Crippen molar-refractivity contribution in [2.75, 3.05) is 6.61 Å². The Kier molecular flexibility index (Phi) is 6.39. The highest BCUT2D eigenvalue weighted by Crippen LogP contribution is 1.88. The molecular formula is C9H14O2. The predicted molar refractivity (Wildman–Crippen MR) is 45.2 cm³/mol. The van der Waals surface area contributed by atoms with E-state index in [1.807, 2.05) is 12.2 Å². The van der Waals surface area contributed by atoms with Crippen molar-refractivity contribution in [1.29, 1.82) is 0 Å². The molecule has 0 aromatic rings. The van der Waals surface area contributed by atoms with Crippen LogP contribution in [0.2, 0.25) is 0 Å². The Morgan fingerprint density at radius 2 is 2.27 bits per heavy atom. The SMILES string of the molecule is C=CC(=O)OCC=CCCC. The molecule has 62 valence electrons. The molecule has 0 fully saturated rings. The Hall–Kier alpha value is -1.05. The first-order chi connectivity index (χ1) is 5.31. The maximum absolute atomic E-state index is 10.5. The van der Waals surface area contributed by atoms with Gasteiger partial charge in [-0.15, -0.1) is 0 Å². The fourth-order valence-electron chi connectivity index (χ4n) is 0.542. The smallest absolute Gasteiger partial charge is 0.330 e. The molecule has 0 rings (SSSR count). The first kappa shape index (κ1) is 9.95. The molecule has 0 saturated heterocycles. The van der Waals surface area contributed by atoms with E-state index in [-0.39, 0.29) is 5.97 Å². The van der Waals surface area contributed by atoms with Crippen LogP contribution < -0.4 is 0 Å². The number of allylic oxidation sites excluding steroid dienone is 1. The molecule has 11 heavy (non-hydrogen) atoms. The maximum atomic E-state index is 10.5. The third kappa shape index (κ3) is 6.84. The van der Waals surface area contributed by atoms with Crippen LogP contribution in [0.15, 0.2) is 24.8 Å². The summed E-state index contributed by atoms with van der Waals surface area (Å²) < 4.78 is 4.69. The average Bonchev–Trinajstić information content (AvgIpc) is 2.04. The standard InChI is InChI=1S/C9H14O2/c1-3-5-6-7-8-11-9(10)4-2/h4,6-7H,2-3,5,8H2,1H3. The second kappa shape index (κ2) is 7.06. The van der Waals surface area contributed by atoms with Crippen molar-refractivity contribution in [1.82, 2.24) is 0 Å². The summed E-state index contributed by atoms with van der Waals surface area (Å²) in [5.41, 5.74) is 0. The van der Waals surface area contributed by atoms with E-state index < -0.39 is 0 Å². The molecule has 0 spiro atoms. The lowest BCUT2D eigenvalue weighted by Crippen LogP contribution is -1.98. The zero-order valence-electron chi connectivity index (χ0n) is 6.88. The van der Waals surface area contributed by atoms with E-state index in [1.54, 1.807) is 0 Å². The molecule has 0 heterocycles. The number of unbranched alkanes of at least 4 members (excludes halogenated alkanes) is 1. The van der Waals surface area contributed by atoms with Crippen LogP contribution in [0.3, 0.4) is 0 Å². The topological polar surface area (TPSA) is 26.3 Å². The van der Waals surface area contributed by atoms with Gasteiger partial charge in [-0.25, -0.2) is 4.79 Å². The van der Waals surface area contributed by atoms with E-state index in [2.05, 4.69) is 13.5 Å². The van der Waals surface area contributed by atoms with Gasteiger partial charge in [-0.1, -0.05) is 32.1 Å². The highest BCUT2D eigenvalue weighted by molar-refractivity contribution is 5.81. The monoisotopic (exact) mass is 154 g/mol. The van der Waals surface area contributed by atoms with Gasteiger partial charge in [0, 0.05) is 6.08 Å². The molecule has 0 aliphatic heterocycles. The van der Waals surface area contributed by atoms with Crippen molar-refractivity contribution < 1.29 is 9.53 Å². The summed E-state index contributed by atoms with van der Waals surface area (Å²) in [6.45, 7) is 5.73. The summed E-state index contributed by atoms with van der Waals surface area (Å²) in [5, 5.41) is 0. The number of esters is 1. The third-order valence-electron chi connectivity index (χ3n) is 1.11. The summed E-state index contributed by atoms with van der Waals surface area (Å²) in [4.78, 5) is 10.5. The minimum atomic E-state index is -0.369. The van der Waals surface area contributed by atoms with Crippen molar-refractivity contribution in [3.05, 3.63) is 24.8 Å². The van der Waals surface area contributed by atoms with Crippen LogP contribution in [0.5, 0.6) is 0 Å². The first-order valence-corrected chi connectivity index (χ1v) is 3.75. The van der Waals surface area contributed by atoms with Gasteiger partial charge < -0.3 is 4.74 Å². The van der Waals surface area contributed by atoms with Gasteiger partial charge in [-0.2, -0.15) is 0 Å². The second-order valence-corrected chi connectivity index (χ2v) is 2.09. The van der Waals surface area contributed by atoms with Crippen LogP contribution >= 0.6 is 0 Å². The highest BCUT2D eigenvalue weighted by Gasteiger charge is 1.89. The average molecular weight is 154 g/mol. The fourth-order valence-corrected chi connectivity index (χ4v) is 0.542. The summed E-state index contributed by atoms with van der Waals surface area (Å²) in [6.07, 6.45) is 7.15. The number of carbonyl (C=O) groups excluding carboxylic acids is 1. The lowest BCUT2D eigenvalue weighted by molar-refractivity contribution is -0.136. The molecule has 0 atom stereocenters. The van der Waals surface area contributed by atoms with Gasteiger partial charge >= 0.3 is 5.97 Å². The molecule has 0 aliphatic rings. The van der Waals surface area contributed by atoms with E-state index in [1.165, 1.54) is 0 Å². The van der Waals surface area contributed by atoms with Gasteiger partial charge in [-0.3, -0.25) is 0 Å². The molecule has 0 saturated carbocycles. The van der Waals surface area contributed by atoms with Crippen molar-refractivity contribution in [3.63, 3.8) is 0 Å².